The van der Waals surface area contributed by atoms with Crippen LogP contribution in [0.1, 0.15) is 68.8 Å². The van der Waals surface area contributed by atoms with Crippen molar-refractivity contribution < 1.29 is 39.8 Å². The number of hydrogen-bond donors (Lipinski definition) is 7. The van der Waals surface area contributed by atoms with Crippen LogP contribution in [0.5, 0.6) is 11.5 Å². The van der Waals surface area contributed by atoms with E-state index in [0.29, 0.717) is 66.1 Å². The number of aromatic nitrogens is 4. The number of allylic oxidation sites excluding steroid dienone is 2. The average Bonchev–Trinajstić information content (AvgIpc) is 3.50. The Morgan fingerprint density at radius 2 is 1.95 bits per heavy atom. The third-order valence-corrected chi connectivity index (χ3v) is 13.8. The van der Waals surface area contributed by atoms with Gasteiger partial charge in [0, 0.05) is 65.2 Å². The number of pyridine rings is 1. The molecule has 62 heavy (non-hydrogen) atoms. The van der Waals surface area contributed by atoms with Crippen LogP contribution < -0.4 is 21.6 Å². The van der Waals surface area contributed by atoms with Gasteiger partial charge in [-0.3, -0.25) is 5.32 Å². The molecule has 0 bridgehead atoms. The zero-order chi connectivity index (χ0) is 43.4. The van der Waals surface area contributed by atoms with E-state index in [2.05, 4.69) is 57.8 Å². The molecule has 16 heteroatoms. The highest BCUT2D eigenvalue weighted by Gasteiger charge is 2.67. The Morgan fingerprint density at radius 1 is 1.13 bits per heavy atom. The smallest absolute Gasteiger partial charge is 0.348 e. The second kappa shape index (κ2) is 14.7. The maximum Gasteiger partial charge on any atom is 0.348 e. The first-order valence-electron chi connectivity index (χ1n) is 21.5. The molecule has 1 aromatic carbocycles. The number of nitrogens with zero attached hydrogens (tertiary/aromatic N) is 5. The maximum absolute atomic E-state index is 13.1. The van der Waals surface area contributed by atoms with E-state index in [1.807, 2.05) is 30.9 Å². The van der Waals surface area contributed by atoms with Crippen LogP contribution in [0.4, 0.5) is 0 Å². The first-order valence-corrected chi connectivity index (χ1v) is 21.5. The molecule has 0 radical (unpaired) electrons. The van der Waals surface area contributed by atoms with Crippen molar-refractivity contribution >= 4 is 29.5 Å². The summed E-state index contributed by atoms with van der Waals surface area (Å²) in [5.41, 5.74) is 3.47. The first kappa shape index (κ1) is 40.3. The summed E-state index contributed by atoms with van der Waals surface area (Å²) in [6, 6.07) is 2.96. The number of fused-ring (bicyclic) bond motifs is 5. The molecule has 16 nitrogen and oxygen atoms in total. The van der Waals surface area contributed by atoms with Gasteiger partial charge in [0.25, 0.3) is 0 Å². The summed E-state index contributed by atoms with van der Waals surface area (Å²) in [7, 11) is 0. The van der Waals surface area contributed by atoms with Crippen molar-refractivity contribution in [3.63, 3.8) is 0 Å². The molecule has 0 amide bonds. The van der Waals surface area contributed by atoms with Gasteiger partial charge in [-0.05, 0) is 66.8 Å². The minimum Gasteiger partial charge on any atom is -0.508 e. The molecule has 7 N–H and O–H groups in total. The van der Waals surface area contributed by atoms with E-state index in [9.17, 15) is 35.1 Å². The van der Waals surface area contributed by atoms with Crippen LogP contribution in [0, 0.1) is 11.8 Å². The highest BCUT2D eigenvalue weighted by molar-refractivity contribution is 5.89. The summed E-state index contributed by atoms with van der Waals surface area (Å²) in [6.45, 7) is 9.20. The normalized spacial score (nSPS) is 28.0. The molecule has 1 saturated carbocycles. The molecular weight excluding hydrogens is 795 g/mol. The molecule has 1 fully saturated rings. The number of ether oxygens (including phenoxy) is 2. The Hall–Kier alpha value is -5.78. The fourth-order valence-electron chi connectivity index (χ4n) is 10.4. The summed E-state index contributed by atoms with van der Waals surface area (Å²) in [5, 5.41) is 66.6. The predicted octanol–water partition coefficient (Wildman–Crippen LogP) is 1.40. The summed E-state index contributed by atoms with van der Waals surface area (Å²) < 4.78 is 13.0. The Labute approximate surface area is 356 Å². The van der Waals surface area contributed by atoms with E-state index in [1.165, 1.54) is 10.6 Å². The number of carbonyl (C=O) groups excluding carboxylic acids is 1. The molecule has 4 aliphatic heterocycles. The molecule has 10 rings (SSSR count). The lowest BCUT2D eigenvalue weighted by Gasteiger charge is -2.40. The van der Waals surface area contributed by atoms with Crippen LogP contribution in [0.15, 0.2) is 64.7 Å². The molecule has 6 heterocycles. The average molecular weight is 846 g/mol. The van der Waals surface area contributed by atoms with Gasteiger partial charge in [0.05, 0.1) is 40.6 Å². The fraction of sp³-hybridized carbons (Fsp3) is 0.435. The third kappa shape index (κ3) is 5.98. The number of H-pyrrole nitrogens is 1. The minimum absolute atomic E-state index is 0.0147. The number of hydrogen-bond acceptors (Lipinski definition) is 14. The molecule has 2 aromatic heterocycles. The van der Waals surface area contributed by atoms with Crippen molar-refractivity contribution in [2.75, 3.05) is 26.3 Å². The molecule has 7 aliphatic rings. The monoisotopic (exact) mass is 845 g/mol. The van der Waals surface area contributed by atoms with Crippen molar-refractivity contribution in [3.8, 4) is 22.9 Å². The quantitative estimate of drug-likeness (QED) is 0.101. The van der Waals surface area contributed by atoms with Gasteiger partial charge in [0.15, 0.2) is 17.7 Å². The minimum atomic E-state index is -1.83. The number of phenols is 2. The van der Waals surface area contributed by atoms with Gasteiger partial charge in [-0.15, -0.1) is 0 Å². The van der Waals surface area contributed by atoms with E-state index in [-0.39, 0.29) is 66.4 Å². The molecular formula is C46H51N7O9. The SMILES string of the molecule is CCc1c2c(nc3c1=CC(OCC(O)NCCN1C=CC4C5C=C(n6c(-c7cc(C(C)C)c(O)cc7O)n[nH]c6=O)C=CC451)CC=3)C1=CC3=C(COC(=O)C3(O)CC)C(O)N1C2. The summed E-state index contributed by atoms with van der Waals surface area (Å²) >= 11 is 0. The fourth-order valence-corrected chi connectivity index (χ4v) is 10.4. The molecule has 3 aromatic rings. The standard InChI is InChI=1S/C46H51N7O9/c1-5-26-28-16-25(7-8-35(28)48-40-30(26)20-52-36(40)18-33-31(42(52)57)21-62-43(58)46(33,60)6-2)61-22-39(56)47-12-14-51-13-10-32-34-15-24(9-11-45(32,34)51)53-41(49-50-44(53)59)29-17-27(23(3)4)37(54)19-38(29)55/h8-11,13,15-19,23,25,32,34,39,42,47,54-57,60H,5-7,12,14,20-22H2,1-4H3,(H,50,59). The summed E-state index contributed by atoms with van der Waals surface area (Å²) in [5.74, 6) is -0.320. The zero-order valence-corrected chi connectivity index (χ0v) is 35.0. The van der Waals surface area contributed by atoms with Crippen LogP contribution >= 0.6 is 0 Å². The lowest BCUT2D eigenvalue weighted by atomic mass is 9.82. The van der Waals surface area contributed by atoms with Gasteiger partial charge in [-0.25, -0.2) is 24.2 Å². The largest absolute Gasteiger partial charge is 0.508 e. The second-order valence-corrected chi connectivity index (χ2v) is 17.4. The Kier molecular flexibility index (Phi) is 9.53. The van der Waals surface area contributed by atoms with Crippen LogP contribution in [0.2, 0.25) is 0 Å². The number of carbonyl (C=O) groups is 1. The molecule has 324 valence electrons. The molecule has 0 saturated heterocycles. The number of aromatic amines is 1. The number of benzene rings is 1. The van der Waals surface area contributed by atoms with Crippen LogP contribution in [-0.2, 0) is 27.2 Å². The Morgan fingerprint density at radius 3 is 2.73 bits per heavy atom. The predicted molar refractivity (Wildman–Crippen MR) is 228 cm³/mol. The van der Waals surface area contributed by atoms with Crippen molar-refractivity contribution in [2.45, 2.75) is 89.1 Å². The van der Waals surface area contributed by atoms with Crippen LogP contribution in [0.25, 0.3) is 34.9 Å². The number of aliphatic hydroxyl groups is 3. The van der Waals surface area contributed by atoms with Gasteiger partial charge in [0.2, 0.25) is 0 Å². The van der Waals surface area contributed by atoms with Gasteiger partial charge < -0.3 is 44.8 Å². The van der Waals surface area contributed by atoms with Crippen molar-refractivity contribution in [1.82, 2.24) is 34.9 Å². The topological polar surface area (TPSA) is 219 Å². The van der Waals surface area contributed by atoms with Crippen molar-refractivity contribution in [2.24, 2.45) is 11.8 Å². The van der Waals surface area contributed by atoms with Gasteiger partial charge in [0.1, 0.15) is 24.3 Å². The Balaban J connectivity index is 0.780. The van der Waals surface area contributed by atoms with E-state index in [0.717, 1.165) is 27.4 Å². The van der Waals surface area contributed by atoms with E-state index < -0.39 is 29.7 Å². The van der Waals surface area contributed by atoms with E-state index >= 15 is 0 Å². The number of aromatic hydroxyl groups is 2. The van der Waals surface area contributed by atoms with E-state index in [1.54, 1.807) is 19.1 Å². The van der Waals surface area contributed by atoms with Gasteiger partial charge in [-0.2, -0.15) is 5.10 Å². The molecule has 7 unspecified atom stereocenters. The molecule has 1 spiro atoms. The first-order chi connectivity index (χ1) is 29.8. The summed E-state index contributed by atoms with van der Waals surface area (Å²) in [4.78, 5) is 34.9. The van der Waals surface area contributed by atoms with Crippen molar-refractivity contribution in [1.29, 1.82) is 0 Å². The molecule has 7 atom stereocenters. The number of rotatable bonds is 12. The maximum atomic E-state index is 13.1. The number of esters is 1. The zero-order valence-electron chi connectivity index (χ0n) is 35.0. The van der Waals surface area contributed by atoms with Gasteiger partial charge in [-0.1, -0.05) is 52.0 Å². The lowest BCUT2D eigenvalue weighted by Crippen LogP contribution is -2.50. The second-order valence-electron chi connectivity index (χ2n) is 17.4. The van der Waals surface area contributed by atoms with Crippen LogP contribution in [-0.4, -0.2) is 117 Å². The highest BCUT2D eigenvalue weighted by Crippen LogP contribution is 2.63. The third-order valence-electron chi connectivity index (χ3n) is 13.8. The van der Waals surface area contributed by atoms with Crippen LogP contribution in [0.3, 0.4) is 0 Å². The number of nitrogens with one attached hydrogen (secondary N) is 2. The Bertz CT molecular complexity index is 2760. The number of phenolic OH excluding ortho intramolecular Hbond substituents is 2. The number of cyclic esters (lactones) is 1. The van der Waals surface area contributed by atoms with Gasteiger partial charge >= 0.3 is 11.7 Å². The summed E-state index contributed by atoms with van der Waals surface area (Å²) in [6.07, 6.45) is 15.4. The number of aliphatic hydroxyl groups excluding tert-OH is 2. The highest BCUT2D eigenvalue weighted by atomic mass is 16.6. The lowest BCUT2D eigenvalue weighted by molar-refractivity contribution is -0.164. The molecule has 3 aliphatic carbocycles. The van der Waals surface area contributed by atoms with E-state index in [4.69, 9.17) is 14.5 Å². The van der Waals surface area contributed by atoms with Crippen molar-refractivity contribution in [3.05, 3.63) is 103 Å².